The molecule has 0 bridgehead atoms. The standard InChI is InChI=1S/C15H19BrN2O3/c1-5-21-15(20)12(9-18(3)4)14(19)17-13-7-6-11(16)8-10(13)2/h6-9H,5H2,1-4H3,(H,17,19). The number of rotatable bonds is 5. The number of nitrogens with one attached hydrogen (secondary N) is 1. The van der Waals surface area contributed by atoms with Gasteiger partial charge in [-0.2, -0.15) is 0 Å². The summed E-state index contributed by atoms with van der Waals surface area (Å²) in [7, 11) is 3.47. The summed E-state index contributed by atoms with van der Waals surface area (Å²) >= 11 is 3.36. The van der Waals surface area contributed by atoms with Crippen LogP contribution in [0.2, 0.25) is 0 Å². The van der Waals surface area contributed by atoms with Crippen LogP contribution in [0.1, 0.15) is 12.5 Å². The van der Waals surface area contributed by atoms with E-state index in [9.17, 15) is 9.59 Å². The molecule has 1 amide bonds. The lowest BCUT2D eigenvalue weighted by Crippen LogP contribution is -2.24. The Balaban J connectivity index is 2.98. The predicted octanol–water partition coefficient (Wildman–Crippen LogP) is 2.70. The second-order valence-electron chi connectivity index (χ2n) is 4.64. The van der Waals surface area contributed by atoms with Crippen molar-refractivity contribution in [1.29, 1.82) is 0 Å². The first-order valence-electron chi connectivity index (χ1n) is 6.48. The molecule has 0 aliphatic rings. The summed E-state index contributed by atoms with van der Waals surface area (Å²) in [5.74, 6) is -1.13. The first kappa shape index (κ1) is 17.2. The molecule has 0 fully saturated rings. The second kappa shape index (κ2) is 7.83. The molecular formula is C15H19BrN2O3. The van der Waals surface area contributed by atoms with Crippen LogP contribution in [-0.2, 0) is 14.3 Å². The number of nitrogens with zero attached hydrogens (tertiary/aromatic N) is 1. The molecule has 0 radical (unpaired) electrons. The smallest absolute Gasteiger partial charge is 0.345 e. The van der Waals surface area contributed by atoms with Crippen molar-refractivity contribution in [3.05, 3.63) is 40.0 Å². The van der Waals surface area contributed by atoms with Gasteiger partial charge in [0.15, 0.2) is 0 Å². The number of esters is 1. The van der Waals surface area contributed by atoms with Crippen LogP contribution >= 0.6 is 15.9 Å². The Morgan fingerprint density at radius 3 is 2.57 bits per heavy atom. The Morgan fingerprint density at radius 1 is 1.38 bits per heavy atom. The first-order valence-corrected chi connectivity index (χ1v) is 7.27. The predicted molar refractivity (Wildman–Crippen MR) is 85.9 cm³/mol. The van der Waals surface area contributed by atoms with Gasteiger partial charge >= 0.3 is 5.97 Å². The minimum absolute atomic E-state index is 0.0378. The summed E-state index contributed by atoms with van der Waals surface area (Å²) in [6, 6.07) is 5.48. The van der Waals surface area contributed by atoms with Crippen LogP contribution in [-0.4, -0.2) is 37.5 Å². The molecule has 1 rings (SSSR count). The van der Waals surface area contributed by atoms with Crippen molar-refractivity contribution in [3.63, 3.8) is 0 Å². The van der Waals surface area contributed by atoms with E-state index in [2.05, 4.69) is 21.2 Å². The van der Waals surface area contributed by atoms with Crippen molar-refractivity contribution in [1.82, 2.24) is 4.90 Å². The summed E-state index contributed by atoms with van der Waals surface area (Å²) in [4.78, 5) is 25.8. The maximum Gasteiger partial charge on any atom is 0.345 e. The molecule has 6 heteroatoms. The molecule has 114 valence electrons. The first-order chi connectivity index (χ1) is 9.85. The third kappa shape index (κ3) is 5.23. The molecule has 1 N–H and O–H groups in total. The molecule has 0 saturated heterocycles. The van der Waals surface area contributed by atoms with Gasteiger partial charge < -0.3 is 15.0 Å². The van der Waals surface area contributed by atoms with E-state index in [1.807, 2.05) is 19.1 Å². The average Bonchev–Trinajstić information content (AvgIpc) is 2.39. The van der Waals surface area contributed by atoms with Gasteiger partial charge in [-0.3, -0.25) is 4.79 Å². The normalized spacial score (nSPS) is 11.0. The number of hydrogen-bond acceptors (Lipinski definition) is 4. The third-order valence-corrected chi connectivity index (χ3v) is 3.06. The van der Waals surface area contributed by atoms with E-state index in [-0.39, 0.29) is 12.2 Å². The fraction of sp³-hybridized carbons (Fsp3) is 0.333. The van der Waals surface area contributed by atoms with Crippen molar-refractivity contribution < 1.29 is 14.3 Å². The molecule has 0 atom stereocenters. The lowest BCUT2D eigenvalue weighted by Gasteiger charge is -2.13. The highest BCUT2D eigenvalue weighted by Gasteiger charge is 2.20. The summed E-state index contributed by atoms with van der Waals surface area (Å²) in [5, 5.41) is 2.73. The van der Waals surface area contributed by atoms with Crippen LogP contribution in [0.5, 0.6) is 0 Å². The minimum atomic E-state index is -0.640. The highest BCUT2D eigenvalue weighted by molar-refractivity contribution is 9.10. The second-order valence-corrected chi connectivity index (χ2v) is 5.56. The molecule has 0 heterocycles. The van der Waals surface area contributed by atoms with E-state index in [0.29, 0.717) is 5.69 Å². The molecule has 0 aliphatic carbocycles. The molecule has 0 aromatic heterocycles. The van der Waals surface area contributed by atoms with Gasteiger partial charge in [-0.1, -0.05) is 15.9 Å². The Hall–Kier alpha value is -1.82. The zero-order valence-corrected chi connectivity index (χ0v) is 14.2. The maximum absolute atomic E-state index is 12.3. The number of aryl methyl sites for hydroxylation is 1. The van der Waals surface area contributed by atoms with Gasteiger partial charge in [-0.25, -0.2) is 4.79 Å². The van der Waals surface area contributed by atoms with E-state index < -0.39 is 11.9 Å². The number of hydrogen-bond donors (Lipinski definition) is 1. The van der Waals surface area contributed by atoms with Crippen molar-refractivity contribution in [2.75, 3.05) is 26.0 Å². The molecule has 0 spiro atoms. The number of ether oxygens (including phenoxy) is 1. The van der Waals surface area contributed by atoms with Gasteiger partial charge in [-0.15, -0.1) is 0 Å². The van der Waals surface area contributed by atoms with Crippen molar-refractivity contribution in [3.8, 4) is 0 Å². The zero-order valence-electron chi connectivity index (χ0n) is 12.6. The monoisotopic (exact) mass is 354 g/mol. The Bertz CT molecular complexity index is 568. The summed E-state index contributed by atoms with van der Waals surface area (Å²) < 4.78 is 5.83. The van der Waals surface area contributed by atoms with Gasteiger partial charge in [0, 0.05) is 30.5 Å². The third-order valence-electron chi connectivity index (χ3n) is 2.56. The number of amides is 1. The van der Waals surface area contributed by atoms with Gasteiger partial charge in [0.2, 0.25) is 0 Å². The summed E-state index contributed by atoms with van der Waals surface area (Å²) in [6.07, 6.45) is 1.45. The number of halogens is 1. The van der Waals surface area contributed by atoms with E-state index in [4.69, 9.17) is 4.74 Å². The lowest BCUT2D eigenvalue weighted by atomic mass is 10.2. The van der Waals surface area contributed by atoms with Crippen LogP contribution in [0, 0.1) is 6.92 Å². The van der Waals surface area contributed by atoms with Gasteiger partial charge in [0.25, 0.3) is 5.91 Å². The summed E-state index contributed by atoms with van der Waals surface area (Å²) in [6.45, 7) is 3.79. The largest absolute Gasteiger partial charge is 0.462 e. The van der Waals surface area contributed by atoms with Crippen LogP contribution in [0.4, 0.5) is 5.69 Å². The highest BCUT2D eigenvalue weighted by atomic mass is 79.9. The van der Waals surface area contributed by atoms with Crippen molar-refractivity contribution >= 4 is 33.5 Å². The molecule has 1 aromatic rings. The maximum atomic E-state index is 12.3. The molecule has 0 unspecified atom stereocenters. The quantitative estimate of drug-likeness (QED) is 0.382. The number of benzene rings is 1. The highest BCUT2D eigenvalue weighted by Crippen LogP contribution is 2.20. The SMILES string of the molecule is CCOC(=O)C(=CN(C)C)C(=O)Nc1ccc(Br)cc1C. The average molecular weight is 355 g/mol. The van der Waals surface area contributed by atoms with Crippen LogP contribution in [0.15, 0.2) is 34.4 Å². The van der Waals surface area contributed by atoms with Crippen molar-refractivity contribution in [2.45, 2.75) is 13.8 Å². The van der Waals surface area contributed by atoms with E-state index in [1.54, 1.807) is 32.0 Å². The fourth-order valence-corrected chi connectivity index (χ4v) is 2.10. The Kier molecular flexibility index (Phi) is 6.42. The van der Waals surface area contributed by atoms with E-state index in [0.717, 1.165) is 10.0 Å². The molecule has 21 heavy (non-hydrogen) atoms. The van der Waals surface area contributed by atoms with Crippen molar-refractivity contribution in [2.24, 2.45) is 0 Å². The van der Waals surface area contributed by atoms with Gasteiger partial charge in [0.05, 0.1) is 6.61 Å². The van der Waals surface area contributed by atoms with Crippen LogP contribution in [0.25, 0.3) is 0 Å². The molecule has 0 aliphatic heterocycles. The van der Waals surface area contributed by atoms with Crippen LogP contribution in [0.3, 0.4) is 0 Å². The molecular weight excluding hydrogens is 336 g/mol. The Morgan fingerprint density at radius 2 is 2.05 bits per heavy atom. The van der Waals surface area contributed by atoms with Gasteiger partial charge in [0.1, 0.15) is 5.57 Å². The zero-order chi connectivity index (χ0) is 16.0. The Labute approximate surface area is 133 Å². The lowest BCUT2D eigenvalue weighted by molar-refractivity contribution is -0.139. The number of anilines is 1. The van der Waals surface area contributed by atoms with Crippen LogP contribution < -0.4 is 5.32 Å². The summed E-state index contributed by atoms with van der Waals surface area (Å²) in [5.41, 5.74) is 1.51. The van der Waals surface area contributed by atoms with E-state index >= 15 is 0 Å². The number of carbonyl (C=O) groups excluding carboxylic acids is 2. The van der Waals surface area contributed by atoms with Gasteiger partial charge in [-0.05, 0) is 37.6 Å². The molecule has 1 aromatic carbocycles. The topological polar surface area (TPSA) is 58.6 Å². The van der Waals surface area contributed by atoms with E-state index in [1.165, 1.54) is 6.20 Å². The number of carbonyl (C=O) groups is 2. The molecule has 5 nitrogen and oxygen atoms in total. The minimum Gasteiger partial charge on any atom is -0.462 e. The molecule has 0 saturated carbocycles. The fourth-order valence-electron chi connectivity index (χ4n) is 1.63.